The third-order valence-electron chi connectivity index (χ3n) is 3.63. The predicted octanol–water partition coefficient (Wildman–Crippen LogP) is 2.48. The van der Waals surface area contributed by atoms with Gasteiger partial charge in [-0.1, -0.05) is 25.1 Å². The van der Waals surface area contributed by atoms with E-state index in [0.717, 1.165) is 23.8 Å². The van der Waals surface area contributed by atoms with Gasteiger partial charge in [-0.3, -0.25) is 4.57 Å². The van der Waals surface area contributed by atoms with Crippen LogP contribution in [-0.4, -0.2) is 19.9 Å². The van der Waals surface area contributed by atoms with E-state index in [1.807, 2.05) is 0 Å². The molecule has 2 aromatic heterocycles. The number of aromatic nitrogens is 3. The van der Waals surface area contributed by atoms with Crippen molar-refractivity contribution >= 4 is 22.7 Å². The summed E-state index contributed by atoms with van der Waals surface area (Å²) in [6.07, 6.45) is 1.87. The number of fused-ring (bicyclic) bond motifs is 1. The van der Waals surface area contributed by atoms with Gasteiger partial charge in [0.15, 0.2) is 5.16 Å². The number of unbranched alkanes of at least 4 members (excludes halogenated alkanes) is 1. The first kappa shape index (κ1) is 16.4. The Labute approximate surface area is 141 Å². The van der Waals surface area contributed by atoms with E-state index in [0.29, 0.717) is 23.0 Å². The minimum absolute atomic E-state index is 0.0381. The summed E-state index contributed by atoms with van der Waals surface area (Å²) in [5, 5.41) is 17.4. The van der Waals surface area contributed by atoms with Crippen LogP contribution in [0, 0.1) is 0 Å². The van der Waals surface area contributed by atoms with Crippen LogP contribution in [0.1, 0.15) is 25.3 Å². The Morgan fingerprint density at radius 1 is 1.33 bits per heavy atom. The molecule has 3 rings (SSSR count). The van der Waals surface area contributed by atoms with Crippen molar-refractivity contribution in [3.05, 3.63) is 50.7 Å². The molecule has 3 aromatic rings. The molecule has 8 heteroatoms. The zero-order valence-corrected chi connectivity index (χ0v) is 13.9. The first-order chi connectivity index (χ1) is 11.6. The van der Waals surface area contributed by atoms with Crippen LogP contribution in [0.5, 0.6) is 5.75 Å². The molecule has 0 saturated heterocycles. The van der Waals surface area contributed by atoms with Gasteiger partial charge in [0.05, 0.1) is 0 Å². The Balaban J connectivity index is 1.89. The van der Waals surface area contributed by atoms with Gasteiger partial charge in [-0.15, -0.1) is 5.10 Å². The Morgan fingerprint density at radius 2 is 2.17 bits per heavy atom. The second kappa shape index (κ2) is 6.96. The van der Waals surface area contributed by atoms with Gasteiger partial charge < -0.3 is 9.52 Å². The topological polar surface area (TPSA) is 101 Å². The maximum atomic E-state index is 11.8. The Kier molecular flexibility index (Phi) is 4.75. The zero-order valence-electron chi connectivity index (χ0n) is 13.1. The van der Waals surface area contributed by atoms with Crippen molar-refractivity contribution in [2.24, 2.45) is 0 Å². The highest BCUT2D eigenvalue weighted by Gasteiger charge is 2.11. The van der Waals surface area contributed by atoms with Crippen LogP contribution >= 0.6 is 11.8 Å². The van der Waals surface area contributed by atoms with E-state index in [1.54, 1.807) is 16.7 Å². The van der Waals surface area contributed by atoms with Gasteiger partial charge in [-0.2, -0.15) is 0 Å². The van der Waals surface area contributed by atoms with Crippen molar-refractivity contribution in [3.63, 3.8) is 0 Å². The summed E-state index contributed by atoms with van der Waals surface area (Å²) in [5.41, 5.74) is 0.398. The summed E-state index contributed by atoms with van der Waals surface area (Å²) in [5.74, 6) is 0.500. The van der Waals surface area contributed by atoms with Gasteiger partial charge >= 0.3 is 11.3 Å². The Bertz CT molecular complexity index is 973. The summed E-state index contributed by atoms with van der Waals surface area (Å²) in [6, 6.07) is 6.09. The average Bonchev–Trinajstić information content (AvgIpc) is 2.90. The molecule has 0 saturated carbocycles. The molecule has 0 aliphatic carbocycles. The minimum atomic E-state index is -0.478. The summed E-state index contributed by atoms with van der Waals surface area (Å²) < 4.78 is 6.72. The fourth-order valence-corrected chi connectivity index (χ4v) is 3.37. The number of nitrogens with one attached hydrogen (secondary N) is 1. The zero-order chi connectivity index (χ0) is 17.1. The first-order valence-corrected chi connectivity index (χ1v) is 8.61. The monoisotopic (exact) mass is 347 g/mol. The highest BCUT2D eigenvalue weighted by molar-refractivity contribution is 7.98. The first-order valence-electron chi connectivity index (χ1n) is 7.62. The molecule has 0 radical (unpaired) electrons. The molecule has 24 heavy (non-hydrogen) atoms. The molecule has 0 aliphatic rings. The molecule has 0 fully saturated rings. The Hall–Kier alpha value is -2.48. The largest absolute Gasteiger partial charge is 0.508 e. The Morgan fingerprint density at radius 3 is 2.96 bits per heavy atom. The van der Waals surface area contributed by atoms with Gasteiger partial charge in [-0.25, -0.2) is 14.7 Å². The summed E-state index contributed by atoms with van der Waals surface area (Å²) >= 11 is 1.38. The third kappa shape index (κ3) is 3.38. The van der Waals surface area contributed by atoms with Crippen molar-refractivity contribution in [3.8, 4) is 5.75 Å². The average molecular weight is 347 g/mol. The molecule has 0 atom stereocenters. The van der Waals surface area contributed by atoms with Crippen LogP contribution in [0.3, 0.4) is 0 Å². The van der Waals surface area contributed by atoms with E-state index in [2.05, 4.69) is 17.1 Å². The highest BCUT2D eigenvalue weighted by atomic mass is 32.2. The number of benzene rings is 1. The molecule has 0 amide bonds. The molecule has 2 heterocycles. The number of aromatic hydroxyl groups is 1. The minimum Gasteiger partial charge on any atom is -0.508 e. The lowest BCUT2D eigenvalue weighted by molar-refractivity contribution is 0.473. The summed E-state index contributed by atoms with van der Waals surface area (Å²) in [4.78, 5) is 23.5. The van der Waals surface area contributed by atoms with E-state index >= 15 is 0 Å². The van der Waals surface area contributed by atoms with Gasteiger partial charge in [0.25, 0.3) is 0 Å². The SMILES string of the molecule is CCCCn1c(SCc2cc(=O)oc3cc(O)ccc23)n[nH]c1=O. The number of hydrogen-bond donors (Lipinski definition) is 2. The van der Waals surface area contributed by atoms with Crippen molar-refractivity contribution in [1.82, 2.24) is 14.8 Å². The summed E-state index contributed by atoms with van der Waals surface area (Å²) in [6.45, 7) is 2.67. The van der Waals surface area contributed by atoms with Crippen LogP contribution in [-0.2, 0) is 12.3 Å². The fourth-order valence-electron chi connectivity index (χ4n) is 2.41. The van der Waals surface area contributed by atoms with Crippen LogP contribution < -0.4 is 11.3 Å². The lowest BCUT2D eigenvalue weighted by Gasteiger charge is -2.06. The molecular formula is C16H17N3O4S. The number of nitrogens with zero attached hydrogens (tertiary/aromatic N) is 2. The lowest BCUT2D eigenvalue weighted by Crippen LogP contribution is -2.17. The van der Waals surface area contributed by atoms with E-state index in [-0.39, 0.29) is 11.4 Å². The van der Waals surface area contributed by atoms with Crippen LogP contribution in [0.15, 0.2) is 43.4 Å². The quantitative estimate of drug-likeness (QED) is 0.525. The molecule has 1 aromatic carbocycles. The van der Waals surface area contributed by atoms with E-state index < -0.39 is 5.63 Å². The van der Waals surface area contributed by atoms with Gasteiger partial charge in [-0.05, 0) is 24.1 Å². The molecule has 0 spiro atoms. The number of aromatic amines is 1. The standard InChI is InChI=1S/C16H17N3O4S/c1-2-3-6-19-15(22)17-18-16(19)24-9-10-7-14(21)23-13-8-11(20)4-5-12(10)13/h4-5,7-8,20H,2-3,6,9H2,1H3,(H,17,22). The third-order valence-corrected chi connectivity index (χ3v) is 4.65. The van der Waals surface area contributed by atoms with Crippen LogP contribution in [0.2, 0.25) is 0 Å². The number of phenolic OH excluding ortho intramolecular Hbond substituents is 1. The molecular weight excluding hydrogens is 330 g/mol. The molecule has 0 bridgehead atoms. The smallest absolute Gasteiger partial charge is 0.343 e. The maximum absolute atomic E-state index is 11.8. The van der Waals surface area contributed by atoms with Gasteiger partial charge in [0, 0.05) is 29.8 Å². The van der Waals surface area contributed by atoms with Gasteiger partial charge in [0.1, 0.15) is 11.3 Å². The molecule has 126 valence electrons. The van der Waals surface area contributed by atoms with Gasteiger partial charge in [0.2, 0.25) is 0 Å². The number of hydrogen-bond acceptors (Lipinski definition) is 6. The fraction of sp³-hybridized carbons (Fsp3) is 0.312. The van der Waals surface area contributed by atoms with Crippen molar-refractivity contribution < 1.29 is 9.52 Å². The number of thioether (sulfide) groups is 1. The van der Waals surface area contributed by atoms with E-state index in [9.17, 15) is 14.7 Å². The number of H-pyrrole nitrogens is 1. The van der Waals surface area contributed by atoms with Crippen molar-refractivity contribution in [2.75, 3.05) is 0 Å². The maximum Gasteiger partial charge on any atom is 0.343 e. The normalized spacial score (nSPS) is 11.2. The number of phenols is 1. The van der Waals surface area contributed by atoms with Crippen molar-refractivity contribution in [2.45, 2.75) is 37.2 Å². The molecule has 0 unspecified atom stereocenters. The van der Waals surface area contributed by atoms with Crippen LogP contribution in [0.25, 0.3) is 11.0 Å². The highest BCUT2D eigenvalue weighted by Crippen LogP contribution is 2.26. The predicted molar refractivity (Wildman–Crippen MR) is 91.5 cm³/mol. The van der Waals surface area contributed by atoms with E-state index in [4.69, 9.17) is 4.42 Å². The molecule has 7 nitrogen and oxygen atoms in total. The second-order valence-electron chi connectivity index (χ2n) is 5.38. The lowest BCUT2D eigenvalue weighted by atomic mass is 10.1. The summed E-state index contributed by atoms with van der Waals surface area (Å²) in [7, 11) is 0. The molecule has 2 N–H and O–H groups in total. The van der Waals surface area contributed by atoms with E-state index in [1.165, 1.54) is 23.9 Å². The number of rotatable bonds is 6. The van der Waals surface area contributed by atoms with Crippen LogP contribution in [0.4, 0.5) is 0 Å². The second-order valence-corrected chi connectivity index (χ2v) is 6.32. The molecule has 0 aliphatic heterocycles. The van der Waals surface area contributed by atoms with Crippen molar-refractivity contribution in [1.29, 1.82) is 0 Å².